The Morgan fingerprint density at radius 1 is 0.692 bits per heavy atom. The van der Waals surface area contributed by atoms with Gasteiger partial charge in [0, 0.05) is 10.9 Å². The SMILES string of the molecule is CC(C)(C)c1ccc2c(c1)COc1c-2ccc2cc(C(C)(C)C)ccc12. The summed E-state index contributed by atoms with van der Waals surface area (Å²) in [6, 6.07) is 18.1. The highest BCUT2D eigenvalue weighted by Crippen LogP contribution is 2.43. The maximum atomic E-state index is 6.26. The van der Waals surface area contributed by atoms with Crippen molar-refractivity contribution in [2.45, 2.75) is 59.0 Å². The van der Waals surface area contributed by atoms with Crippen molar-refractivity contribution in [3.05, 3.63) is 65.2 Å². The Hall–Kier alpha value is -2.28. The summed E-state index contributed by atoms with van der Waals surface area (Å²) in [6.45, 7) is 14.2. The van der Waals surface area contributed by atoms with Gasteiger partial charge in [-0.15, -0.1) is 0 Å². The molecule has 26 heavy (non-hydrogen) atoms. The van der Waals surface area contributed by atoms with Crippen LogP contribution in [0, 0.1) is 0 Å². The number of hydrogen-bond donors (Lipinski definition) is 0. The van der Waals surface area contributed by atoms with Crippen LogP contribution in [0.2, 0.25) is 0 Å². The molecule has 1 nitrogen and oxygen atoms in total. The second kappa shape index (κ2) is 5.61. The van der Waals surface area contributed by atoms with Crippen LogP contribution in [0.5, 0.6) is 5.75 Å². The van der Waals surface area contributed by atoms with E-state index in [1.54, 1.807) is 0 Å². The van der Waals surface area contributed by atoms with Crippen molar-refractivity contribution in [1.82, 2.24) is 0 Å². The van der Waals surface area contributed by atoms with Crippen molar-refractivity contribution in [3.63, 3.8) is 0 Å². The molecule has 0 fully saturated rings. The van der Waals surface area contributed by atoms with Crippen LogP contribution in [0.15, 0.2) is 48.5 Å². The third kappa shape index (κ3) is 2.80. The van der Waals surface area contributed by atoms with Crippen LogP contribution >= 0.6 is 0 Å². The van der Waals surface area contributed by atoms with Gasteiger partial charge in [-0.3, -0.25) is 0 Å². The molecule has 0 unspecified atom stereocenters. The van der Waals surface area contributed by atoms with Gasteiger partial charge in [0.1, 0.15) is 12.4 Å². The van der Waals surface area contributed by atoms with Crippen molar-refractivity contribution < 1.29 is 4.74 Å². The number of ether oxygens (including phenoxy) is 1. The van der Waals surface area contributed by atoms with Crippen molar-refractivity contribution >= 4 is 10.8 Å². The lowest BCUT2D eigenvalue weighted by Crippen LogP contribution is -2.14. The molecule has 1 heteroatoms. The zero-order valence-electron chi connectivity index (χ0n) is 16.7. The van der Waals surface area contributed by atoms with Crippen LogP contribution in [0.1, 0.15) is 58.2 Å². The molecular formula is C25H28O. The topological polar surface area (TPSA) is 9.23 Å². The predicted octanol–water partition coefficient (Wildman–Crippen LogP) is 6.99. The zero-order valence-corrected chi connectivity index (χ0v) is 16.7. The van der Waals surface area contributed by atoms with E-state index in [-0.39, 0.29) is 10.8 Å². The molecule has 0 saturated heterocycles. The van der Waals surface area contributed by atoms with Gasteiger partial charge in [-0.1, -0.05) is 90.1 Å². The van der Waals surface area contributed by atoms with Crippen LogP contribution in [-0.2, 0) is 17.4 Å². The molecule has 3 aromatic carbocycles. The zero-order chi connectivity index (χ0) is 18.7. The minimum Gasteiger partial charge on any atom is -0.488 e. The van der Waals surface area contributed by atoms with E-state index in [1.165, 1.54) is 38.6 Å². The van der Waals surface area contributed by atoms with Gasteiger partial charge in [-0.25, -0.2) is 0 Å². The van der Waals surface area contributed by atoms with Crippen molar-refractivity contribution in [2.75, 3.05) is 0 Å². The first-order chi connectivity index (χ1) is 12.1. The van der Waals surface area contributed by atoms with Gasteiger partial charge < -0.3 is 4.74 Å². The van der Waals surface area contributed by atoms with Crippen molar-refractivity contribution in [1.29, 1.82) is 0 Å². The molecular weight excluding hydrogens is 316 g/mol. The van der Waals surface area contributed by atoms with E-state index in [9.17, 15) is 0 Å². The Labute approximate surface area is 157 Å². The van der Waals surface area contributed by atoms with Crippen LogP contribution < -0.4 is 4.74 Å². The Morgan fingerprint density at radius 3 is 2.00 bits per heavy atom. The van der Waals surface area contributed by atoms with Crippen LogP contribution in [0.3, 0.4) is 0 Å². The highest BCUT2D eigenvalue weighted by atomic mass is 16.5. The van der Waals surface area contributed by atoms with Gasteiger partial charge in [0.15, 0.2) is 0 Å². The van der Waals surface area contributed by atoms with Gasteiger partial charge in [-0.05, 0) is 38.5 Å². The lowest BCUT2D eigenvalue weighted by Gasteiger charge is -2.26. The van der Waals surface area contributed by atoms with E-state index in [0.717, 1.165) is 5.75 Å². The standard InChI is InChI=1S/C25H28O/c1-24(2,3)18-9-12-21-16(13-18)7-10-22-20-11-8-19(25(4,5)6)14-17(20)15-26-23(21)22/h7-14H,15H2,1-6H3. The molecule has 0 atom stereocenters. The van der Waals surface area contributed by atoms with Crippen LogP contribution in [0.4, 0.5) is 0 Å². The first-order valence-electron chi connectivity index (χ1n) is 9.48. The molecule has 0 spiro atoms. The smallest absolute Gasteiger partial charge is 0.135 e. The molecule has 1 heterocycles. The molecule has 0 saturated carbocycles. The molecule has 134 valence electrons. The highest BCUT2D eigenvalue weighted by Gasteiger charge is 2.23. The van der Waals surface area contributed by atoms with E-state index < -0.39 is 0 Å². The van der Waals surface area contributed by atoms with E-state index in [1.807, 2.05) is 0 Å². The van der Waals surface area contributed by atoms with E-state index >= 15 is 0 Å². The lowest BCUT2D eigenvalue weighted by molar-refractivity contribution is 0.306. The fourth-order valence-electron chi connectivity index (χ4n) is 3.73. The Kier molecular flexibility index (Phi) is 3.70. The average Bonchev–Trinajstić information content (AvgIpc) is 2.58. The van der Waals surface area contributed by atoms with Gasteiger partial charge >= 0.3 is 0 Å². The third-order valence-electron chi connectivity index (χ3n) is 5.47. The van der Waals surface area contributed by atoms with E-state index in [4.69, 9.17) is 4.74 Å². The number of hydrogen-bond acceptors (Lipinski definition) is 1. The van der Waals surface area contributed by atoms with Gasteiger partial charge in [0.25, 0.3) is 0 Å². The Morgan fingerprint density at radius 2 is 1.31 bits per heavy atom. The van der Waals surface area contributed by atoms with E-state index in [2.05, 4.69) is 90.1 Å². The molecule has 0 radical (unpaired) electrons. The van der Waals surface area contributed by atoms with Crippen LogP contribution in [0.25, 0.3) is 21.9 Å². The summed E-state index contributed by atoms with van der Waals surface area (Å²) in [4.78, 5) is 0. The molecule has 1 aliphatic heterocycles. The monoisotopic (exact) mass is 344 g/mol. The number of rotatable bonds is 0. The fraction of sp³-hybridized carbons (Fsp3) is 0.360. The molecule has 0 bridgehead atoms. The Balaban J connectivity index is 1.86. The lowest BCUT2D eigenvalue weighted by atomic mass is 9.83. The summed E-state index contributed by atoms with van der Waals surface area (Å²) in [5, 5.41) is 2.46. The second-order valence-electron chi connectivity index (χ2n) is 9.54. The quantitative estimate of drug-likeness (QED) is 0.427. The third-order valence-corrected chi connectivity index (χ3v) is 5.47. The molecule has 0 N–H and O–H groups in total. The predicted molar refractivity (Wildman–Crippen MR) is 111 cm³/mol. The summed E-state index contributed by atoms with van der Waals surface area (Å²) >= 11 is 0. The summed E-state index contributed by atoms with van der Waals surface area (Å²) < 4.78 is 6.26. The number of fused-ring (bicyclic) bond motifs is 5. The largest absolute Gasteiger partial charge is 0.488 e. The second-order valence-corrected chi connectivity index (χ2v) is 9.54. The summed E-state index contributed by atoms with van der Waals surface area (Å²) in [5.41, 5.74) is 6.83. The maximum absolute atomic E-state index is 6.26. The number of benzene rings is 3. The van der Waals surface area contributed by atoms with Crippen LogP contribution in [-0.4, -0.2) is 0 Å². The first-order valence-corrected chi connectivity index (χ1v) is 9.48. The van der Waals surface area contributed by atoms with Crippen molar-refractivity contribution in [3.8, 4) is 16.9 Å². The van der Waals surface area contributed by atoms with Gasteiger partial charge in [0.2, 0.25) is 0 Å². The normalized spacial score (nSPS) is 13.9. The summed E-state index contributed by atoms with van der Waals surface area (Å²) in [6.07, 6.45) is 0. The van der Waals surface area contributed by atoms with E-state index in [0.29, 0.717) is 6.61 Å². The molecule has 1 aliphatic rings. The fourth-order valence-corrected chi connectivity index (χ4v) is 3.73. The first kappa shape index (κ1) is 17.1. The minimum absolute atomic E-state index is 0.154. The van der Waals surface area contributed by atoms with Gasteiger partial charge in [-0.2, -0.15) is 0 Å². The van der Waals surface area contributed by atoms with Gasteiger partial charge in [0.05, 0.1) is 0 Å². The summed E-state index contributed by atoms with van der Waals surface area (Å²) in [5.74, 6) is 1.03. The van der Waals surface area contributed by atoms with Crippen molar-refractivity contribution in [2.24, 2.45) is 0 Å². The maximum Gasteiger partial charge on any atom is 0.135 e. The minimum atomic E-state index is 0.154. The Bertz CT molecular complexity index is 997. The molecule has 3 aromatic rings. The highest BCUT2D eigenvalue weighted by molar-refractivity contribution is 5.96. The summed E-state index contributed by atoms with van der Waals surface area (Å²) in [7, 11) is 0. The molecule has 4 rings (SSSR count). The average molecular weight is 344 g/mol. The molecule has 0 aromatic heterocycles. The molecule has 0 aliphatic carbocycles. The molecule has 0 amide bonds.